The highest BCUT2D eigenvalue weighted by atomic mass is 15.0. The molecule has 1 heteroatoms. The van der Waals surface area contributed by atoms with E-state index in [1.165, 1.54) is 22.2 Å². The van der Waals surface area contributed by atoms with Crippen molar-refractivity contribution in [3.05, 3.63) is 60.8 Å². The summed E-state index contributed by atoms with van der Waals surface area (Å²) in [6.07, 6.45) is 7.78. The first-order valence-corrected chi connectivity index (χ1v) is 5.86. The number of hydrogen-bond donors (Lipinski definition) is 0. The summed E-state index contributed by atoms with van der Waals surface area (Å²) in [5.41, 5.74) is 3.65. The number of aryl methyl sites for hydroxylation is 1. The highest BCUT2D eigenvalue weighted by Crippen LogP contribution is 2.28. The first kappa shape index (κ1) is 11.5. The molecule has 0 saturated heterocycles. The van der Waals surface area contributed by atoms with Gasteiger partial charge in [0.25, 0.3) is 0 Å². The highest BCUT2D eigenvalue weighted by Gasteiger charge is 2.10. The van der Waals surface area contributed by atoms with Crippen molar-refractivity contribution in [2.75, 3.05) is 0 Å². The number of nitrogens with zero attached hydrogens (tertiary/aromatic N) is 1. The number of para-hydroxylation sites is 1. The number of fused-ring (bicyclic) bond motifs is 1. The Kier molecular flexibility index (Phi) is 3.29. The predicted octanol–water partition coefficient (Wildman–Crippen LogP) is 4.50. The van der Waals surface area contributed by atoms with Crippen LogP contribution in [0.2, 0.25) is 0 Å². The third-order valence-electron chi connectivity index (χ3n) is 2.96. The van der Waals surface area contributed by atoms with Crippen LogP contribution in [0.1, 0.15) is 18.2 Å². The Morgan fingerprint density at radius 1 is 1.24 bits per heavy atom. The maximum Gasteiger partial charge on any atom is 0.0491 e. The molecule has 17 heavy (non-hydrogen) atoms. The van der Waals surface area contributed by atoms with E-state index in [0.29, 0.717) is 0 Å². The fourth-order valence-electron chi connectivity index (χ4n) is 2.25. The zero-order valence-corrected chi connectivity index (χ0v) is 10.2. The summed E-state index contributed by atoms with van der Waals surface area (Å²) in [5, 5.41) is 1.27. The Bertz CT molecular complexity index is 585. The Morgan fingerprint density at radius 3 is 2.65 bits per heavy atom. The quantitative estimate of drug-likeness (QED) is 0.672. The standard InChI is InChI=1S/C16H17N/c1-4-7-10-13-14-11-8-9-12-16(14)17(6-3)15(13)5-2/h4-5,7-12H,1-2,6H2,3H3/b10-7-. The van der Waals surface area contributed by atoms with E-state index in [2.05, 4.69) is 55.0 Å². The normalized spacial score (nSPS) is 11.1. The van der Waals surface area contributed by atoms with Crippen molar-refractivity contribution in [3.63, 3.8) is 0 Å². The molecule has 0 unspecified atom stereocenters. The lowest BCUT2D eigenvalue weighted by Crippen LogP contribution is -1.96. The molecule has 0 amide bonds. The minimum atomic E-state index is 0.948. The van der Waals surface area contributed by atoms with Gasteiger partial charge in [-0.25, -0.2) is 0 Å². The zero-order chi connectivity index (χ0) is 12.3. The van der Waals surface area contributed by atoms with E-state index in [0.717, 1.165) is 6.54 Å². The molecule has 0 aliphatic rings. The van der Waals surface area contributed by atoms with Crippen LogP contribution in [0, 0.1) is 0 Å². The van der Waals surface area contributed by atoms with E-state index in [-0.39, 0.29) is 0 Å². The summed E-state index contributed by atoms with van der Waals surface area (Å²) in [4.78, 5) is 0. The lowest BCUT2D eigenvalue weighted by atomic mass is 10.1. The first-order valence-electron chi connectivity index (χ1n) is 5.86. The third kappa shape index (κ3) is 1.84. The second-order valence-electron chi connectivity index (χ2n) is 3.86. The van der Waals surface area contributed by atoms with Crippen molar-refractivity contribution in [3.8, 4) is 0 Å². The predicted molar refractivity (Wildman–Crippen MR) is 76.9 cm³/mol. The van der Waals surface area contributed by atoms with Crippen LogP contribution in [0.4, 0.5) is 0 Å². The molecule has 2 rings (SSSR count). The number of rotatable bonds is 4. The smallest absolute Gasteiger partial charge is 0.0491 e. The van der Waals surface area contributed by atoms with Gasteiger partial charge in [0.1, 0.15) is 0 Å². The number of hydrogen-bond acceptors (Lipinski definition) is 0. The summed E-state index contributed by atoms with van der Waals surface area (Å²) < 4.78 is 2.28. The highest BCUT2D eigenvalue weighted by molar-refractivity contribution is 5.94. The summed E-state index contributed by atoms with van der Waals surface area (Å²) in [6.45, 7) is 10.7. The average molecular weight is 223 g/mol. The SMILES string of the molecule is C=C/C=C\c1c(C=C)n(CC)c2ccccc12. The van der Waals surface area contributed by atoms with Crippen LogP contribution in [0.15, 0.2) is 49.6 Å². The van der Waals surface area contributed by atoms with Crippen molar-refractivity contribution in [1.82, 2.24) is 4.57 Å². The van der Waals surface area contributed by atoms with E-state index in [4.69, 9.17) is 0 Å². The molecule has 1 aromatic heterocycles. The third-order valence-corrected chi connectivity index (χ3v) is 2.96. The second-order valence-corrected chi connectivity index (χ2v) is 3.86. The lowest BCUT2D eigenvalue weighted by molar-refractivity contribution is 0.789. The number of allylic oxidation sites excluding steroid dienone is 2. The van der Waals surface area contributed by atoms with Gasteiger partial charge in [-0.15, -0.1) is 0 Å². The van der Waals surface area contributed by atoms with Gasteiger partial charge < -0.3 is 4.57 Å². The Balaban J connectivity index is 2.83. The van der Waals surface area contributed by atoms with E-state index < -0.39 is 0 Å². The van der Waals surface area contributed by atoms with Gasteiger partial charge in [0, 0.05) is 28.7 Å². The molecule has 0 radical (unpaired) electrons. The molecule has 0 aliphatic carbocycles. The van der Waals surface area contributed by atoms with Gasteiger partial charge in [-0.3, -0.25) is 0 Å². The van der Waals surface area contributed by atoms with Crippen LogP contribution >= 0.6 is 0 Å². The molecular formula is C16H17N. The summed E-state index contributed by atoms with van der Waals surface area (Å²) in [5.74, 6) is 0. The Labute approximate surface area is 102 Å². The van der Waals surface area contributed by atoms with E-state index >= 15 is 0 Å². The van der Waals surface area contributed by atoms with Gasteiger partial charge in [0.05, 0.1) is 0 Å². The van der Waals surface area contributed by atoms with Gasteiger partial charge >= 0.3 is 0 Å². The monoisotopic (exact) mass is 223 g/mol. The van der Waals surface area contributed by atoms with E-state index in [9.17, 15) is 0 Å². The summed E-state index contributed by atoms with van der Waals surface area (Å²) >= 11 is 0. The molecule has 0 bridgehead atoms. The van der Waals surface area contributed by atoms with Crippen molar-refractivity contribution < 1.29 is 0 Å². The lowest BCUT2D eigenvalue weighted by Gasteiger charge is -2.03. The van der Waals surface area contributed by atoms with Gasteiger partial charge in [-0.05, 0) is 19.1 Å². The molecule has 0 N–H and O–H groups in total. The molecule has 2 aromatic rings. The fraction of sp³-hybridized carbons (Fsp3) is 0.125. The molecular weight excluding hydrogens is 206 g/mol. The molecule has 1 aromatic carbocycles. The molecule has 0 aliphatic heterocycles. The minimum absolute atomic E-state index is 0.948. The molecule has 0 spiro atoms. The Hall–Kier alpha value is -2.02. The van der Waals surface area contributed by atoms with Gasteiger partial charge in [-0.2, -0.15) is 0 Å². The van der Waals surface area contributed by atoms with Gasteiger partial charge in [-0.1, -0.05) is 49.6 Å². The second kappa shape index (κ2) is 4.88. The van der Waals surface area contributed by atoms with Crippen LogP contribution in [0.5, 0.6) is 0 Å². The average Bonchev–Trinajstić information content (AvgIpc) is 2.69. The topological polar surface area (TPSA) is 4.93 Å². The minimum Gasteiger partial charge on any atom is -0.341 e. The largest absolute Gasteiger partial charge is 0.341 e. The molecule has 86 valence electrons. The summed E-state index contributed by atoms with van der Waals surface area (Å²) in [7, 11) is 0. The van der Waals surface area contributed by atoms with Crippen LogP contribution < -0.4 is 0 Å². The molecule has 0 saturated carbocycles. The molecule has 1 nitrogen and oxygen atoms in total. The van der Waals surface area contributed by atoms with Crippen LogP contribution in [-0.2, 0) is 6.54 Å². The molecule has 0 atom stereocenters. The van der Waals surface area contributed by atoms with Crippen molar-refractivity contribution in [1.29, 1.82) is 0 Å². The molecule has 0 fully saturated rings. The maximum atomic E-state index is 3.92. The first-order chi connectivity index (χ1) is 8.33. The van der Waals surface area contributed by atoms with E-state index in [1.54, 1.807) is 6.08 Å². The van der Waals surface area contributed by atoms with Crippen molar-refractivity contribution in [2.24, 2.45) is 0 Å². The molecule has 1 heterocycles. The van der Waals surface area contributed by atoms with Crippen LogP contribution in [0.3, 0.4) is 0 Å². The number of aromatic nitrogens is 1. The van der Waals surface area contributed by atoms with Crippen LogP contribution in [0.25, 0.3) is 23.1 Å². The zero-order valence-electron chi connectivity index (χ0n) is 10.2. The van der Waals surface area contributed by atoms with Crippen molar-refractivity contribution in [2.45, 2.75) is 13.5 Å². The van der Waals surface area contributed by atoms with Crippen molar-refractivity contribution >= 4 is 23.1 Å². The summed E-state index contributed by atoms with van der Waals surface area (Å²) in [6, 6.07) is 8.44. The van der Waals surface area contributed by atoms with Gasteiger partial charge in [0.15, 0.2) is 0 Å². The maximum absolute atomic E-state index is 3.92. The van der Waals surface area contributed by atoms with Gasteiger partial charge in [0.2, 0.25) is 0 Å². The number of benzene rings is 1. The Morgan fingerprint density at radius 2 is 2.00 bits per heavy atom. The van der Waals surface area contributed by atoms with Crippen LogP contribution in [-0.4, -0.2) is 4.57 Å². The van der Waals surface area contributed by atoms with E-state index in [1.807, 2.05) is 12.2 Å². The fourth-order valence-corrected chi connectivity index (χ4v) is 2.25.